The van der Waals surface area contributed by atoms with Gasteiger partial charge < -0.3 is 9.30 Å². The molecule has 0 saturated carbocycles. The van der Waals surface area contributed by atoms with Crippen molar-refractivity contribution in [3.8, 4) is 5.75 Å². The lowest BCUT2D eigenvalue weighted by Crippen LogP contribution is -2.23. The van der Waals surface area contributed by atoms with E-state index in [9.17, 15) is 13.2 Å². The normalized spacial score (nSPS) is 15.7. The number of nitrogens with zero attached hydrogens (tertiary/aromatic N) is 1. The molecule has 3 aromatic rings. The predicted octanol–water partition coefficient (Wildman–Crippen LogP) is 7.72. The van der Waals surface area contributed by atoms with Crippen LogP contribution in [0, 0.1) is 0 Å². The van der Waals surface area contributed by atoms with Gasteiger partial charge in [-0.15, -0.1) is 0 Å². The van der Waals surface area contributed by atoms with Crippen molar-refractivity contribution in [2.45, 2.75) is 77.6 Å². The van der Waals surface area contributed by atoms with E-state index in [1.54, 1.807) is 12.1 Å². The second kappa shape index (κ2) is 7.92. The van der Waals surface area contributed by atoms with Crippen LogP contribution in [0.2, 0.25) is 0 Å². The fraction of sp³-hybridized carbons (Fsp3) is 0.462. The van der Waals surface area contributed by atoms with E-state index >= 15 is 0 Å². The molecule has 0 saturated heterocycles. The number of aromatic nitrogens is 1. The molecule has 31 heavy (non-hydrogen) atoms. The molecule has 0 spiro atoms. The first kappa shape index (κ1) is 21.8. The fourth-order valence-electron chi connectivity index (χ4n) is 4.83. The lowest BCUT2D eigenvalue weighted by Gasteiger charge is -2.24. The van der Waals surface area contributed by atoms with E-state index in [0.29, 0.717) is 0 Å². The Hall–Kier alpha value is -2.43. The predicted molar refractivity (Wildman–Crippen MR) is 119 cm³/mol. The number of hydrogen-bond donors (Lipinski definition) is 0. The van der Waals surface area contributed by atoms with Crippen LogP contribution in [-0.2, 0) is 19.0 Å². The van der Waals surface area contributed by atoms with Crippen molar-refractivity contribution in [3.63, 3.8) is 0 Å². The van der Waals surface area contributed by atoms with Crippen LogP contribution in [0.4, 0.5) is 13.2 Å². The summed E-state index contributed by atoms with van der Waals surface area (Å²) >= 11 is 0. The van der Waals surface area contributed by atoms with E-state index in [-0.39, 0.29) is 11.6 Å². The van der Waals surface area contributed by atoms with Crippen LogP contribution >= 0.6 is 0 Å². The van der Waals surface area contributed by atoms with Gasteiger partial charge in [0.15, 0.2) is 0 Å². The number of alkyl halides is 3. The molecular formula is C26H30F3NO. The van der Waals surface area contributed by atoms with E-state index in [2.05, 4.69) is 17.6 Å². The summed E-state index contributed by atoms with van der Waals surface area (Å²) in [7, 11) is 0. The number of fused-ring (bicyclic) bond motifs is 3. The monoisotopic (exact) mass is 429 g/mol. The highest BCUT2D eigenvalue weighted by molar-refractivity contribution is 5.92. The third-order valence-electron chi connectivity index (χ3n) is 6.03. The van der Waals surface area contributed by atoms with Crippen molar-refractivity contribution in [2.75, 3.05) is 0 Å². The minimum Gasteiger partial charge on any atom is -0.487 e. The molecule has 0 N–H and O–H groups in total. The number of benzene rings is 2. The summed E-state index contributed by atoms with van der Waals surface area (Å²) in [5.74, 6) is 0.893. The van der Waals surface area contributed by atoms with Crippen molar-refractivity contribution in [1.29, 1.82) is 0 Å². The van der Waals surface area contributed by atoms with Gasteiger partial charge in [-0.25, -0.2) is 0 Å². The van der Waals surface area contributed by atoms with Crippen LogP contribution in [0.15, 0.2) is 42.5 Å². The van der Waals surface area contributed by atoms with E-state index in [4.69, 9.17) is 4.74 Å². The van der Waals surface area contributed by atoms with Crippen molar-refractivity contribution in [3.05, 3.63) is 64.8 Å². The Morgan fingerprint density at radius 1 is 0.968 bits per heavy atom. The highest BCUT2D eigenvalue weighted by atomic mass is 19.4. The van der Waals surface area contributed by atoms with Crippen LogP contribution in [0.25, 0.3) is 10.9 Å². The van der Waals surface area contributed by atoms with Gasteiger partial charge >= 0.3 is 6.18 Å². The van der Waals surface area contributed by atoms with Crippen molar-refractivity contribution >= 4 is 10.9 Å². The maximum absolute atomic E-state index is 13.1. The summed E-state index contributed by atoms with van der Waals surface area (Å²) < 4.78 is 47.9. The zero-order chi connectivity index (χ0) is 22.4. The molecule has 1 heterocycles. The average Bonchev–Trinajstić information content (AvgIpc) is 3.03. The van der Waals surface area contributed by atoms with Gasteiger partial charge in [-0.05, 0) is 88.3 Å². The zero-order valence-corrected chi connectivity index (χ0v) is 18.6. The molecule has 0 fully saturated rings. The highest BCUT2D eigenvalue weighted by Crippen LogP contribution is 2.42. The summed E-state index contributed by atoms with van der Waals surface area (Å²) in [5.41, 5.74) is 3.74. The highest BCUT2D eigenvalue weighted by Gasteiger charge is 2.31. The summed E-state index contributed by atoms with van der Waals surface area (Å²) in [5, 5.41) is 1.16. The van der Waals surface area contributed by atoms with Crippen molar-refractivity contribution in [1.82, 2.24) is 4.57 Å². The molecule has 5 heteroatoms. The Balaban J connectivity index is 1.89. The van der Waals surface area contributed by atoms with Crippen LogP contribution in [0.5, 0.6) is 5.75 Å². The lowest BCUT2D eigenvalue weighted by molar-refractivity contribution is -0.137. The van der Waals surface area contributed by atoms with E-state index < -0.39 is 11.7 Å². The summed E-state index contributed by atoms with van der Waals surface area (Å²) in [6, 6.07) is 11.8. The van der Waals surface area contributed by atoms with Gasteiger partial charge in [0.05, 0.1) is 17.1 Å². The molecule has 1 unspecified atom stereocenters. The Morgan fingerprint density at radius 2 is 1.65 bits per heavy atom. The largest absolute Gasteiger partial charge is 0.487 e. The number of aryl methyl sites for hydroxylation is 1. The Bertz CT molecular complexity index is 1070. The molecule has 0 aliphatic heterocycles. The molecular weight excluding hydrogens is 399 g/mol. The Kier molecular flexibility index (Phi) is 5.57. The molecule has 166 valence electrons. The Labute approximate surface area is 182 Å². The van der Waals surface area contributed by atoms with Gasteiger partial charge in [-0.2, -0.15) is 13.2 Å². The quantitative estimate of drug-likeness (QED) is 0.414. The fourth-order valence-corrected chi connectivity index (χ4v) is 4.83. The first-order chi connectivity index (χ1) is 14.6. The molecule has 1 aliphatic rings. The molecule has 0 bridgehead atoms. The summed E-state index contributed by atoms with van der Waals surface area (Å²) in [6.45, 7) is 8.24. The van der Waals surface area contributed by atoms with Gasteiger partial charge in [-0.1, -0.05) is 25.1 Å². The third-order valence-corrected chi connectivity index (χ3v) is 6.03. The first-order valence-electron chi connectivity index (χ1n) is 11.1. The second-order valence-corrected chi connectivity index (χ2v) is 9.41. The molecule has 2 nitrogen and oxygen atoms in total. The van der Waals surface area contributed by atoms with E-state index in [1.165, 1.54) is 23.4 Å². The van der Waals surface area contributed by atoms with Gasteiger partial charge in [-0.3, -0.25) is 0 Å². The van der Waals surface area contributed by atoms with Gasteiger partial charge in [0, 0.05) is 11.1 Å². The van der Waals surface area contributed by atoms with E-state index in [0.717, 1.165) is 54.3 Å². The molecule has 1 aromatic heterocycles. The molecule has 0 radical (unpaired) electrons. The molecule has 2 aromatic carbocycles. The van der Waals surface area contributed by atoms with E-state index in [1.807, 2.05) is 32.9 Å². The smallest absolute Gasteiger partial charge is 0.416 e. The minimum absolute atomic E-state index is 0.0171. The van der Waals surface area contributed by atoms with Gasteiger partial charge in [0.2, 0.25) is 0 Å². The van der Waals surface area contributed by atoms with Crippen LogP contribution < -0.4 is 4.74 Å². The third kappa shape index (κ3) is 4.19. The first-order valence-corrected chi connectivity index (χ1v) is 11.1. The number of rotatable bonds is 4. The van der Waals surface area contributed by atoms with Crippen LogP contribution in [0.1, 0.15) is 75.4 Å². The average molecular weight is 430 g/mol. The number of ether oxygens (including phenoxy) is 1. The number of halogens is 3. The Morgan fingerprint density at radius 3 is 2.26 bits per heavy atom. The lowest BCUT2D eigenvalue weighted by atomic mass is 9.94. The molecule has 0 amide bonds. The van der Waals surface area contributed by atoms with Gasteiger partial charge in [0.25, 0.3) is 0 Å². The van der Waals surface area contributed by atoms with Crippen LogP contribution in [0.3, 0.4) is 0 Å². The van der Waals surface area contributed by atoms with Crippen molar-refractivity contribution in [2.24, 2.45) is 0 Å². The SMILES string of the molecule is CCC(c1ccc(C(F)(F)F)cc1)n1c2c(c3c(OC(C)(C)C)cccc31)CCCC2. The van der Waals surface area contributed by atoms with Crippen LogP contribution in [-0.4, -0.2) is 10.2 Å². The topological polar surface area (TPSA) is 14.2 Å². The molecule has 4 rings (SSSR count). The van der Waals surface area contributed by atoms with Crippen molar-refractivity contribution < 1.29 is 17.9 Å². The summed E-state index contributed by atoms with van der Waals surface area (Å²) in [4.78, 5) is 0. The summed E-state index contributed by atoms with van der Waals surface area (Å²) in [6.07, 6.45) is 0.739. The second-order valence-electron chi connectivity index (χ2n) is 9.41. The van der Waals surface area contributed by atoms with Gasteiger partial charge in [0.1, 0.15) is 11.4 Å². The minimum atomic E-state index is -4.32. The zero-order valence-electron chi connectivity index (χ0n) is 18.6. The standard InChI is InChI=1S/C26H30F3NO/c1-5-20(17-13-15-18(16-14-17)26(27,28)29)30-21-10-7-6-9-19(21)24-22(30)11-8-12-23(24)31-25(2,3)4/h8,11-16,20H,5-7,9-10H2,1-4H3. The maximum atomic E-state index is 13.1. The number of hydrogen-bond acceptors (Lipinski definition) is 1. The maximum Gasteiger partial charge on any atom is 0.416 e. The molecule has 1 aliphatic carbocycles. The molecule has 1 atom stereocenters.